The second-order valence-corrected chi connectivity index (χ2v) is 10.5. The maximum Gasteiger partial charge on any atom is 0.391 e. The number of carbonyl (C=O) groups is 2. The highest BCUT2D eigenvalue weighted by Gasteiger charge is 2.44. The standard InChI is InChI=1S/C28H22ClF4N5O2/c29-21-6-5-18(30)11-19(21)25-24-20(27(40)37-25)9-16(15-4-7-23-34-13-35-38(23)12-15)10-22(24)36-26(39)14-2-1-3-17(8-14)28(31,32)33/h4-7,9-14,17,25H,1-3,8H2,(H,36,39)(H,37,40)/t14-,17+,25?/m0/s1. The maximum absolute atomic E-state index is 14.2. The fourth-order valence-corrected chi connectivity index (χ4v) is 5.85. The molecule has 1 unspecified atom stereocenters. The van der Waals surface area contributed by atoms with Gasteiger partial charge >= 0.3 is 6.18 Å². The van der Waals surface area contributed by atoms with E-state index in [9.17, 15) is 27.2 Å². The third-order valence-corrected chi connectivity index (χ3v) is 7.98. The second-order valence-electron chi connectivity index (χ2n) is 10.1. The average molecular weight is 572 g/mol. The van der Waals surface area contributed by atoms with Crippen LogP contribution in [0.2, 0.25) is 5.02 Å². The van der Waals surface area contributed by atoms with E-state index in [1.54, 1.807) is 35.0 Å². The third kappa shape index (κ3) is 4.78. The van der Waals surface area contributed by atoms with Crippen LogP contribution in [0.15, 0.2) is 55.0 Å². The Morgan fingerprint density at radius 1 is 1.10 bits per heavy atom. The van der Waals surface area contributed by atoms with Crippen LogP contribution in [0.4, 0.5) is 23.2 Å². The van der Waals surface area contributed by atoms with Crippen LogP contribution in [0.1, 0.15) is 53.2 Å². The zero-order valence-electron chi connectivity index (χ0n) is 20.8. The zero-order chi connectivity index (χ0) is 28.2. The number of halogens is 5. The number of nitrogens with zero attached hydrogens (tertiary/aromatic N) is 3. The number of amides is 2. The van der Waals surface area contributed by atoms with Gasteiger partial charge in [-0.25, -0.2) is 13.9 Å². The minimum absolute atomic E-state index is 0.0124. The van der Waals surface area contributed by atoms with Crippen molar-refractivity contribution < 1.29 is 27.2 Å². The molecule has 3 heterocycles. The Balaban J connectivity index is 1.44. The Morgan fingerprint density at radius 3 is 2.73 bits per heavy atom. The number of fused-ring (bicyclic) bond motifs is 2. The molecule has 4 aromatic rings. The second kappa shape index (κ2) is 9.88. The van der Waals surface area contributed by atoms with Gasteiger partial charge < -0.3 is 10.6 Å². The van der Waals surface area contributed by atoms with Crippen molar-refractivity contribution in [1.82, 2.24) is 19.9 Å². The first-order chi connectivity index (χ1) is 19.1. The van der Waals surface area contributed by atoms with E-state index in [2.05, 4.69) is 20.7 Å². The Bertz CT molecular complexity index is 1650. The first kappa shape index (κ1) is 26.2. The number of rotatable bonds is 4. The van der Waals surface area contributed by atoms with E-state index in [1.165, 1.54) is 24.5 Å². The number of benzene rings is 2. The van der Waals surface area contributed by atoms with E-state index in [-0.39, 0.29) is 41.1 Å². The predicted octanol–water partition coefficient (Wildman–Crippen LogP) is 6.33. The number of nitrogens with one attached hydrogen (secondary N) is 2. The summed E-state index contributed by atoms with van der Waals surface area (Å²) < 4.78 is 56.1. The molecule has 7 nitrogen and oxygen atoms in total. The molecule has 1 aliphatic heterocycles. The van der Waals surface area contributed by atoms with Crippen molar-refractivity contribution in [1.29, 1.82) is 0 Å². The molecule has 0 bridgehead atoms. The van der Waals surface area contributed by atoms with Crippen LogP contribution in [0.25, 0.3) is 16.8 Å². The molecule has 206 valence electrons. The van der Waals surface area contributed by atoms with Crippen LogP contribution in [0.5, 0.6) is 0 Å². The van der Waals surface area contributed by atoms with Crippen molar-refractivity contribution in [2.45, 2.75) is 37.9 Å². The van der Waals surface area contributed by atoms with E-state index in [1.807, 2.05) is 0 Å². The average Bonchev–Trinajstić information content (AvgIpc) is 3.53. The van der Waals surface area contributed by atoms with Crippen LogP contribution < -0.4 is 10.6 Å². The Kier molecular flexibility index (Phi) is 6.48. The van der Waals surface area contributed by atoms with Crippen LogP contribution in [0, 0.1) is 17.7 Å². The van der Waals surface area contributed by atoms with Crippen molar-refractivity contribution in [2.24, 2.45) is 11.8 Å². The zero-order valence-corrected chi connectivity index (χ0v) is 21.6. The summed E-state index contributed by atoms with van der Waals surface area (Å²) in [6.45, 7) is 0. The highest BCUT2D eigenvalue weighted by Crippen LogP contribution is 2.43. The van der Waals surface area contributed by atoms with E-state index in [4.69, 9.17) is 11.6 Å². The molecule has 1 fully saturated rings. The summed E-state index contributed by atoms with van der Waals surface area (Å²) in [5.74, 6) is -4.00. The largest absolute Gasteiger partial charge is 0.391 e. The highest BCUT2D eigenvalue weighted by atomic mass is 35.5. The predicted molar refractivity (Wildman–Crippen MR) is 139 cm³/mol. The molecule has 2 aromatic carbocycles. The van der Waals surface area contributed by atoms with Gasteiger partial charge in [-0.3, -0.25) is 9.59 Å². The highest BCUT2D eigenvalue weighted by molar-refractivity contribution is 6.31. The molecule has 40 heavy (non-hydrogen) atoms. The van der Waals surface area contributed by atoms with Gasteiger partial charge in [-0.05, 0) is 67.3 Å². The van der Waals surface area contributed by atoms with Gasteiger partial charge in [-0.1, -0.05) is 18.0 Å². The lowest BCUT2D eigenvalue weighted by atomic mass is 9.80. The molecule has 2 aromatic heterocycles. The van der Waals surface area contributed by atoms with Gasteiger partial charge in [-0.2, -0.15) is 18.3 Å². The van der Waals surface area contributed by atoms with Gasteiger partial charge in [0.1, 0.15) is 12.1 Å². The third-order valence-electron chi connectivity index (χ3n) is 7.63. The summed E-state index contributed by atoms with van der Waals surface area (Å²) in [7, 11) is 0. The molecular formula is C28H22ClF4N5O2. The van der Waals surface area contributed by atoms with Crippen molar-refractivity contribution >= 4 is 34.7 Å². The van der Waals surface area contributed by atoms with Gasteiger partial charge in [0.2, 0.25) is 5.91 Å². The van der Waals surface area contributed by atoms with Crippen molar-refractivity contribution in [3.8, 4) is 11.1 Å². The topological polar surface area (TPSA) is 88.4 Å². The van der Waals surface area contributed by atoms with Crippen LogP contribution in [-0.4, -0.2) is 32.6 Å². The fourth-order valence-electron chi connectivity index (χ4n) is 5.62. The van der Waals surface area contributed by atoms with Crippen molar-refractivity contribution in [2.75, 3.05) is 5.32 Å². The molecule has 0 saturated heterocycles. The van der Waals surface area contributed by atoms with Gasteiger partial charge in [-0.15, -0.1) is 0 Å². The Labute approximate surface area is 230 Å². The van der Waals surface area contributed by atoms with Crippen LogP contribution >= 0.6 is 11.6 Å². The summed E-state index contributed by atoms with van der Waals surface area (Å²) in [4.78, 5) is 30.7. The summed E-state index contributed by atoms with van der Waals surface area (Å²) in [5.41, 5.74) is 2.93. The van der Waals surface area contributed by atoms with Gasteiger partial charge in [0.15, 0.2) is 5.65 Å². The number of carbonyl (C=O) groups excluding carboxylic acids is 2. The lowest BCUT2D eigenvalue weighted by molar-refractivity contribution is -0.185. The number of pyridine rings is 1. The molecule has 3 atom stereocenters. The lowest BCUT2D eigenvalue weighted by Gasteiger charge is -2.30. The van der Waals surface area contributed by atoms with Gasteiger partial charge in [0, 0.05) is 45.1 Å². The first-order valence-corrected chi connectivity index (χ1v) is 13.1. The molecular weight excluding hydrogens is 550 g/mol. The lowest BCUT2D eigenvalue weighted by Crippen LogP contribution is -2.34. The van der Waals surface area contributed by atoms with E-state index in [0.717, 1.165) is 0 Å². The fraction of sp³-hybridized carbons (Fsp3) is 0.286. The summed E-state index contributed by atoms with van der Waals surface area (Å²) in [6.07, 6.45) is -1.00. The Hall–Kier alpha value is -3.99. The number of anilines is 1. The molecule has 12 heteroatoms. The minimum atomic E-state index is -4.38. The monoisotopic (exact) mass is 571 g/mol. The normalized spacial score (nSPS) is 20.8. The maximum atomic E-state index is 14.2. The number of aromatic nitrogens is 3. The number of hydrogen-bond donors (Lipinski definition) is 2. The molecule has 2 aliphatic rings. The molecule has 1 saturated carbocycles. The number of hydrogen-bond acceptors (Lipinski definition) is 4. The molecule has 0 spiro atoms. The quantitative estimate of drug-likeness (QED) is 0.280. The molecule has 0 radical (unpaired) electrons. The van der Waals surface area contributed by atoms with Crippen molar-refractivity contribution in [3.05, 3.63) is 82.5 Å². The van der Waals surface area contributed by atoms with Crippen molar-refractivity contribution in [3.63, 3.8) is 0 Å². The minimum Gasteiger partial charge on any atom is -0.341 e. The number of alkyl halides is 3. The summed E-state index contributed by atoms with van der Waals surface area (Å²) in [6, 6.07) is 9.69. The summed E-state index contributed by atoms with van der Waals surface area (Å²) in [5, 5.41) is 9.96. The van der Waals surface area contributed by atoms with Crippen LogP contribution in [-0.2, 0) is 4.79 Å². The molecule has 6 rings (SSSR count). The van der Waals surface area contributed by atoms with E-state index < -0.39 is 41.7 Å². The molecule has 1 aliphatic carbocycles. The van der Waals surface area contributed by atoms with Crippen LogP contribution in [0.3, 0.4) is 0 Å². The SMILES string of the molecule is O=C1NC(c2cc(F)ccc2Cl)c2c(NC(=O)[C@H]3CCC[C@@H](C(F)(F)F)C3)cc(-c3ccc4ncnn4c3)cc21. The van der Waals surface area contributed by atoms with E-state index >= 15 is 0 Å². The molecule has 2 amide bonds. The summed E-state index contributed by atoms with van der Waals surface area (Å²) >= 11 is 6.37. The Morgan fingerprint density at radius 2 is 1.93 bits per heavy atom. The van der Waals surface area contributed by atoms with Gasteiger partial charge in [0.05, 0.1) is 12.0 Å². The smallest absolute Gasteiger partial charge is 0.341 e. The first-order valence-electron chi connectivity index (χ1n) is 12.7. The van der Waals surface area contributed by atoms with E-state index in [0.29, 0.717) is 28.8 Å². The van der Waals surface area contributed by atoms with Gasteiger partial charge in [0.25, 0.3) is 5.91 Å². The molecule has 2 N–H and O–H groups in total.